The van der Waals surface area contributed by atoms with Gasteiger partial charge in [-0.1, -0.05) is 5.16 Å². The molecule has 0 atom stereocenters. The van der Waals surface area contributed by atoms with Crippen LogP contribution in [0.1, 0.15) is 16.1 Å². The first-order valence-corrected chi connectivity index (χ1v) is 3.27. The van der Waals surface area contributed by atoms with Gasteiger partial charge in [-0.25, -0.2) is 4.79 Å². The summed E-state index contributed by atoms with van der Waals surface area (Å²) in [6, 6.07) is 0. The molecule has 0 aliphatic heterocycles. The molecule has 5 heteroatoms. The Labute approximate surface area is 64.9 Å². The molecule has 0 aromatic carbocycles. The van der Waals surface area contributed by atoms with Gasteiger partial charge in [0.25, 0.3) is 0 Å². The first-order valence-electron chi connectivity index (χ1n) is 2.48. The molecule has 0 amide bonds. The smallest absolute Gasteiger partial charge is 0.375 e. The molecule has 54 valence electrons. The van der Waals surface area contributed by atoms with Crippen LogP contribution in [0.25, 0.3) is 0 Å². The highest BCUT2D eigenvalue weighted by molar-refractivity contribution is 9.10. The maximum atomic E-state index is 10.3. The van der Waals surface area contributed by atoms with Crippen molar-refractivity contribution in [2.45, 2.75) is 6.92 Å². The minimum Gasteiger partial charge on any atom is -0.475 e. The van der Waals surface area contributed by atoms with Gasteiger partial charge in [0, 0.05) is 5.56 Å². The fourth-order valence-corrected chi connectivity index (χ4v) is 0.768. The number of aromatic carboxylic acids is 1. The summed E-state index contributed by atoms with van der Waals surface area (Å²) in [7, 11) is 0. The molecule has 0 saturated carbocycles. The molecule has 0 unspecified atom stereocenters. The fourth-order valence-electron chi connectivity index (χ4n) is 0.516. The van der Waals surface area contributed by atoms with Gasteiger partial charge in [-0.05, 0) is 22.9 Å². The van der Waals surface area contributed by atoms with Gasteiger partial charge < -0.3 is 9.63 Å². The van der Waals surface area contributed by atoms with Crippen molar-refractivity contribution in [2.24, 2.45) is 0 Å². The molecule has 1 rings (SSSR count). The SMILES string of the molecule is Cc1c(Br)noc1C(=O)O. The van der Waals surface area contributed by atoms with Crippen LogP contribution >= 0.6 is 15.9 Å². The zero-order chi connectivity index (χ0) is 7.72. The van der Waals surface area contributed by atoms with E-state index in [-0.39, 0.29) is 5.76 Å². The number of halogens is 1. The van der Waals surface area contributed by atoms with Gasteiger partial charge in [-0.3, -0.25) is 0 Å². The Balaban J connectivity index is 3.17. The van der Waals surface area contributed by atoms with E-state index >= 15 is 0 Å². The summed E-state index contributed by atoms with van der Waals surface area (Å²) in [6.45, 7) is 1.62. The fraction of sp³-hybridized carbons (Fsp3) is 0.200. The predicted molar refractivity (Wildman–Crippen MR) is 35.9 cm³/mol. The molecule has 0 aliphatic rings. The van der Waals surface area contributed by atoms with E-state index in [0.29, 0.717) is 10.2 Å². The highest BCUT2D eigenvalue weighted by atomic mass is 79.9. The number of aromatic nitrogens is 1. The van der Waals surface area contributed by atoms with Crippen molar-refractivity contribution in [1.82, 2.24) is 5.16 Å². The molecule has 0 aliphatic carbocycles. The van der Waals surface area contributed by atoms with Crippen LogP contribution in [0.2, 0.25) is 0 Å². The summed E-state index contributed by atoms with van der Waals surface area (Å²) >= 11 is 3.02. The van der Waals surface area contributed by atoms with E-state index in [2.05, 4.69) is 25.6 Å². The molecule has 1 heterocycles. The van der Waals surface area contributed by atoms with Gasteiger partial charge in [0.2, 0.25) is 5.76 Å². The zero-order valence-electron chi connectivity index (χ0n) is 5.09. The van der Waals surface area contributed by atoms with Crippen molar-refractivity contribution in [1.29, 1.82) is 0 Å². The van der Waals surface area contributed by atoms with Crippen LogP contribution in [-0.4, -0.2) is 16.2 Å². The van der Waals surface area contributed by atoms with Crippen molar-refractivity contribution in [3.63, 3.8) is 0 Å². The third-order valence-electron chi connectivity index (χ3n) is 1.06. The number of hydrogen-bond acceptors (Lipinski definition) is 3. The van der Waals surface area contributed by atoms with Crippen molar-refractivity contribution in [3.8, 4) is 0 Å². The van der Waals surface area contributed by atoms with Gasteiger partial charge in [0.1, 0.15) is 0 Å². The highest BCUT2D eigenvalue weighted by Gasteiger charge is 2.15. The molecule has 10 heavy (non-hydrogen) atoms. The standard InChI is InChI=1S/C5H4BrNO3/c1-2-3(5(8)9)10-7-4(2)6/h1H3,(H,8,9). The van der Waals surface area contributed by atoms with Gasteiger partial charge >= 0.3 is 5.97 Å². The van der Waals surface area contributed by atoms with E-state index in [0.717, 1.165) is 0 Å². The number of carboxylic acid groups (broad SMARTS) is 1. The number of nitrogens with zero attached hydrogens (tertiary/aromatic N) is 1. The van der Waals surface area contributed by atoms with Crippen LogP contribution < -0.4 is 0 Å². The number of hydrogen-bond donors (Lipinski definition) is 1. The molecule has 4 nitrogen and oxygen atoms in total. The Morgan fingerprint density at radius 3 is 2.60 bits per heavy atom. The van der Waals surface area contributed by atoms with Crippen LogP contribution in [-0.2, 0) is 0 Å². The summed E-state index contributed by atoms with van der Waals surface area (Å²) < 4.78 is 4.90. The molecule has 0 bridgehead atoms. The second kappa shape index (κ2) is 2.42. The predicted octanol–water partition coefficient (Wildman–Crippen LogP) is 1.44. The van der Waals surface area contributed by atoms with E-state index < -0.39 is 5.97 Å². The third kappa shape index (κ3) is 1.04. The van der Waals surface area contributed by atoms with E-state index in [1.807, 2.05) is 0 Å². The van der Waals surface area contributed by atoms with Crippen molar-refractivity contribution >= 4 is 21.9 Å². The van der Waals surface area contributed by atoms with Crippen LogP contribution in [0.3, 0.4) is 0 Å². The van der Waals surface area contributed by atoms with Crippen LogP contribution in [0.15, 0.2) is 9.13 Å². The van der Waals surface area contributed by atoms with Gasteiger partial charge in [0.15, 0.2) is 4.60 Å². The van der Waals surface area contributed by atoms with Gasteiger partial charge in [-0.2, -0.15) is 0 Å². The van der Waals surface area contributed by atoms with Crippen molar-refractivity contribution in [2.75, 3.05) is 0 Å². The lowest BCUT2D eigenvalue weighted by Gasteiger charge is -1.84. The second-order valence-electron chi connectivity index (χ2n) is 1.73. The largest absolute Gasteiger partial charge is 0.475 e. The summed E-state index contributed by atoms with van der Waals surface area (Å²) in [5.41, 5.74) is 0.507. The minimum atomic E-state index is -1.10. The zero-order valence-corrected chi connectivity index (χ0v) is 6.67. The van der Waals surface area contributed by atoms with Gasteiger partial charge in [-0.15, -0.1) is 0 Å². The average Bonchev–Trinajstić information content (AvgIpc) is 2.14. The second-order valence-corrected chi connectivity index (χ2v) is 2.48. The maximum Gasteiger partial charge on any atom is 0.375 e. The molecular weight excluding hydrogens is 202 g/mol. The van der Waals surface area contributed by atoms with Gasteiger partial charge in [0.05, 0.1) is 0 Å². The Kier molecular flexibility index (Phi) is 1.76. The molecule has 0 saturated heterocycles. The summed E-state index contributed by atoms with van der Waals surface area (Å²) in [5.74, 6) is -1.22. The van der Waals surface area contributed by atoms with E-state index in [1.165, 1.54) is 0 Å². The molecule has 1 N–H and O–H groups in total. The van der Waals surface area contributed by atoms with Crippen LogP contribution in [0.4, 0.5) is 0 Å². The molecule has 0 fully saturated rings. The summed E-state index contributed by atoms with van der Waals surface area (Å²) in [6.07, 6.45) is 0. The van der Waals surface area contributed by atoms with Crippen molar-refractivity contribution in [3.05, 3.63) is 15.9 Å². The number of carboxylic acids is 1. The van der Waals surface area contributed by atoms with E-state index in [1.54, 1.807) is 6.92 Å². The van der Waals surface area contributed by atoms with E-state index in [9.17, 15) is 4.79 Å². The highest BCUT2D eigenvalue weighted by Crippen LogP contribution is 2.17. The van der Waals surface area contributed by atoms with Crippen molar-refractivity contribution < 1.29 is 14.4 Å². The summed E-state index contributed by atoms with van der Waals surface area (Å²) in [4.78, 5) is 10.3. The molecular formula is C5H4BrNO3. The molecule has 0 radical (unpaired) electrons. The average molecular weight is 206 g/mol. The molecule has 0 spiro atoms. The Morgan fingerprint density at radius 2 is 2.40 bits per heavy atom. The Hall–Kier alpha value is -0.840. The first-order chi connectivity index (χ1) is 4.63. The lowest BCUT2D eigenvalue weighted by molar-refractivity contribution is 0.0651. The van der Waals surface area contributed by atoms with Crippen LogP contribution in [0, 0.1) is 6.92 Å². The number of rotatable bonds is 1. The normalized spacial score (nSPS) is 9.80. The van der Waals surface area contributed by atoms with Crippen LogP contribution in [0.5, 0.6) is 0 Å². The number of carbonyl (C=O) groups is 1. The molecule has 1 aromatic heterocycles. The lowest BCUT2D eigenvalue weighted by atomic mass is 10.3. The first kappa shape index (κ1) is 7.27. The molecule has 1 aromatic rings. The van der Waals surface area contributed by atoms with E-state index in [4.69, 9.17) is 5.11 Å². The quantitative estimate of drug-likeness (QED) is 0.754. The Bertz CT molecular complexity index is 268. The minimum absolute atomic E-state index is 0.119. The monoisotopic (exact) mass is 205 g/mol. The third-order valence-corrected chi connectivity index (χ3v) is 1.80. The summed E-state index contributed by atoms with van der Waals surface area (Å²) in [5, 5.41) is 11.8. The topological polar surface area (TPSA) is 63.3 Å². The maximum absolute atomic E-state index is 10.3. The lowest BCUT2D eigenvalue weighted by Crippen LogP contribution is -1.95. The Morgan fingerprint density at radius 1 is 1.80 bits per heavy atom.